The largest absolute Gasteiger partial charge is 0.465 e. The van der Waals surface area contributed by atoms with Crippen LogP contribution in [0.3, 0.4) is 0 Å². The molecule has 5 nitrogen and oxygen atoms in total. The summed E-state index contributed by atoms with van der Waals surface area (Å²) in [7, 11) is 1.36. The van der Waals surface area contributed by atoms with Crippen molar-refractivity contribution in [3.63, 3.8) is 0 Å². The van der Waals surface area contributed by atoms with Crippen molar-refractivity contribution in [3.8, 4) is 0 Å². The van der Waals surface area contributed by atoms with Gasteiger partial charge in [-0.2, -0.15) is 0 Å². The third-order valence-electron chi connectivity index (χ3n) is 3.17. The zero-order chi connectivity index (χ0) is 12.5. The summed E-state index contributed by atoms with van der Waals surface area (Å²) in [6.07, 6.45) is 2.59. The fourth-order valence-electron chi connectivity index (χ4n) is 1.77. The maximum atomic E-state index is 11.3. The van der Waals surface area contributed by atoms with Crippen molar-refractivity contribution < 1.29 is 14.3 Å². The van der Waals surface area contributed by atoms with Gasteiger partial charge in [-0.25, -0.2) is 9.78 Å². The van der Waals surface area contributed by atoms with E-state index in [9.17, 15) is 4.79 Å². The minimum Gasteiger partial charge on any atom is -0.465 e. The normalized spacial score (nSPS) is 28.1. The van der Waals surface area contributed by atoms with Gasteiger partial charge < -0.3 is 14.8 Å². The number of thiazole rings is 1. The van der Waals surface area contributed by atoms with Gasteiger partial charge in [-0.05, 0) is 20.3 Å². The smallest absolute Gasteiger partial charge is 0.349 e. The molecule has 94 valence electrons. The van der Waals surface area contributed by atoms with Gasteiger partial charge in [0, 0.05) is 6.61 Å². The second kappa shape index (κ2) is 4.62. The fraction of sp³-hybridized carbons (Fsp3) is 0.636. The summed E-state index contributed by atoms with van der Waals surface area (Å²) in [4.78, 5) is 16.0. The molecule has 0 radical (unpaired) electrons. The molecule has 1 saturated heterocycles. The molecule has 1 aromatic rings. The molecule has 0 aromatic carbocycles. The predicted molar refractivity (Wildman–Crippen MR) is 65.5 cm³/mol. The van der Waals surface area contributed by atoms with Gasteiger partial charge in [0.2, 0.25) is 0 Å². The Labute approximate surface area is 104 Å². The number of hydrogen-bond donors (Lipinski definition) is 1. The molecule has 2 heterocycles. The summed E-state index contributed by atoms with van der Waals surface area (Å²) >= 11 is 1.30. The first kappa shape index (κ1) is 12.3. The lowest BCUT2D eigenvalue weighted by Gasteiger charge is -2.28. The molecular formula is C11H16N2O3S. The molecule has 0 spiro atoms. The molecule has 1 fully saturated rings. The van der Waals surface area contributed by atoms with E-state index in [0.29, 0.717) is 4.88 Å². The summed E-state index contributed by atoms with van der Waals surface area (Å²) in [5, 5.41) is 4.07. The van der Waals surface area contributed by atoms with Gasteiger partial charge in [0.1, 0.15) is 4.88 Å². The molecule has 0 saturated carbocycles. The van der Waals surface area contributed by atoms with Crippen molar-refractivity contribution in [2.75, 3.05) is 19.0 Å². The van der Waals surface area contributed by atoms with E-state index < -0.39 is 0 Å². The Morgan fingerprint density at radius 1 is 1.76 bits per heavy atom. The van der Waals surface area contributed by atoms with Gasteiger partial charge in [-0.1, -0.05) is 11.3 Å². The molecule has 2 atom stereocenters. The Morgan fingerprint density at radius 3 is 3.12 bits per heavy atom. The lowest BCUT2D eigenvalue weighted by atomic mass is 9.95. The number of ether oxygens (including phenoxy) is 2. The average Bonchev–Trinajstić information content (AvgIpc) is 2.87. The average molecular weight is 256 g/mol. The van der Waals surface area contributed by atoms with E-state index in [4.69, 9.17) is 4.74 Å². The van der Waals surface area contributed by atoms with Crippen molar-refractivity contribution in [3.05, 3.63) is 11.1 Å². The lowest BCUT2D eigenvalue weighted by Crippen LogP contribution is -2.41. The van der Waals surface area contributed by atoms with E-state index in [1.165, 1.54) is 24.6 Å². The summed E-state index contributed by atoms with van der Waals surface area (Å²) in [5.41, 5.74) is -0.120. The quantitative estimate of drug-likeness (QED) is 0.837. The molecule has 1 N–H and O–H groups in total. The molecule has 2 rings (SSSR count). The summed E-state index contributed by atoms with van der Waals surface area (Å²) in [5.74, 6) is -0.351. The van der Waals surface area contributed by atoms with Gasteiger partial charge in [0.25, 0.3) is 0 Å². The van der Waals surface area contributed by atoms with Crippen LogP contribution in [0.15, 0.2) is 6.20 Å². The van der Waals surface area contributed by atoms with Crippen LogP contribution in [0, 0.1) is 0 Å². The lowest BCUT2D eigenvalue weighted by molar-refractivity contribution is 0.0606. The zero-order valence-corrected chi connectivity index (χ0v) is 11.0. The van der Waals surface area contributed by atoms with Crippen LogP contribution < -0.4 is 5.32 Å². The number of carbonyl (C=O) groups is 1. The van der Waals surface area contributed by atoms with E-state index in [1.807, 2.05) is 6.92 Å². The van der Waals surface area contributed by atoms with Gasteiger partial charge in [0.15, 0.2) is 5.13 Å². The van der Waals surface area contributed by atoms with Crippen LogP contribution in [0.1, 0.15) is 29.9 Å². The van der Waals surface area contributed by atoms with E-state index in [1.54, 1.807) is 0 Å². The second-order valence-corrected chi connectivity index (χ2v) is 5.36. The Balaban J connectivity index is 2.09. The molecular weight excluding hydrogens is 240 g/mol. The molecule has 1 aromatic heterocycles. The van der Waals surface area contributed by atoms with Gasteiger partial charge in [0.05, 0.1) is 24.9 Å². The second-order valence-electron chi connectivity index (χ2n) is 4.33. The highest BCUT2D eigenvalue weighted by atomic mass is 32.1. The fourth-order valence-corrected chi connectivity index (χ4v) is 2.64. The van der Waals surface area contributed by atoms with Crippen molar-refractivity contribution in [2.45, 2.75) is 31.9 Å². The first-order chi connectivity index (χ1) is 8.05. The number of anilines is 1. The number of aromatic nitrogens is 1. The minimum atomic E-state index is -0.351. The Morgan fingerprint density at radius 2 is 2.53 bits per heavy atom. The number of carbonyl (C=O) groups excluding carboxylic acids is 1. The third kappa shape index (κ3) is 2.42. The summed E-state index contributed by atoms with van der Waals surface area (Å²) < 4.78 is 10.2. The number of hydrogen-bond acceptors (Lipinski definition) is 6. The number of nitrogens with zero attached hydrogens (tertiary/aromatic N) is 1. The third-order valence-corrected chi connectivity index (χ3v) is 4.06. The van der Waals surface area contributed by atoms with E-state index in [2.05, 4.69) is 22.0 Å². The van der Waals surface area contributed by atoms with Crippen LogP contribution in [-0.2, 0) is 9.47 Å². The van der Waals surface area contributed by atoms with Crippen molar-refractivity contribution in [2.24, 2.45) is 0 Å². The maximum Gasteiger partial charge on any atom is 0.349 e. The highest BCUT2D eigenvalue weighted by Gasteiger charge is 2.37. The molecule has 6 heteroatoms. The highest BCUT2D eigenvalue weighted by molar-refractivity contribution is 7.17. The predicted octanol–water partition coefficient (Wildman–Crippen LogP) is 1.91. The number of esters is 1. The number of nitrogens with one attached hydrogen (secondary N) is 1. The van der Waals surface area contributed by atoms with Gasteiger partial charge in [-0.15, -0.1) is 0 Å². The zero-order valence-electron chi connectivity index (χ0n) is 10.1. The van der Waals surface area contributed by atoms with Crippen LogP contribution in [0.25, 0.3) is 0 Å². The van der Waals surface area contributed by atoms with E-state index in [0.717, 1.165) is 18.2 Å². The minimum absolute atomic E-state index is 0.120. The molecule has 0 aliphatic carbocycles. The first-order valence-corrected chi connectivity index (χ1v) is 6.31. The SMILES string of the molecule is COC(=O)c1cnc(NC2(C)CCOC2C)s1. The Hall–Kier alpha value is -1.14. The van der Waals surface area contributed by atoms with Crippen LogP contribution in [-0.4, -0.2) is 36.3 Å². The van der Waals surface area contributed by atoms with Crippen LogP contribution in [0.2, 0.25) is 0 Å². The van der Waals surface area contributed by atoms with Crippen LogP contribution >= 0.6 is 11.3 Å². The monoisotopic (exact) mass is 256 g/mol. The highest BCUT2D eigenvalue weighted by Crippen LogP contribution is 2.31. The standard InChI is InChI=1S/C11H16N2O3S/c1-7-11(2,4-5-16-7)13-10-12-6-8(17-10)9(14)15-3/h6-7H,4-5H2,1-3H3,(H,12,13). The number of rotatable bonds is 3. The number of methoxy groups -OCH3 is 1. The molecule has 0 amide bonds. The molecule has 1 aliphatic rings. The first-order valence-electron chi connectivity index (χ1n) is 5.49. The van der Waals surface area contributed by atoms with Gasteiger partial charge in [-0.3, -0.25) is 0 Å². The van der Waals surface area contributed by atoms with E-state index in [-0.39, 0.29) is 17.6 Å². The summed E-state index contributed by atoms with van der Waals surface area (Å²) in [6.45, 7) is 4.89. The van der Waals surface area contributed by atoms with Crippen molar-refractivity contribution in [1.29, 1.82) is 0 Å². The Kier molecular flexibility index (Phi) is 3.35. The Bertz CT molecular complexity index is 421. The molecule has 0 bridgehead atoms. The molecule has 2 unspecified atom stereocenters. The molecule has 17 heavy (non-hydrogen) atoms. The van der Waals surface area contributed by atoms with Crippen LogP contribution in [0.5, 0.6) is 0 Å². The topological polar surface area (TPSA) is 60.5 Å². The van der Waals surface area contributed by atoms with Crippen LogP contribution in [0.4, 0.5) is 5.13 Å². The van der Waals surface area contributed by atoms with Crippen molar-refractivity contribution in [1.82, 2.24) is 4.98 Å². The maximum absolute atomic E-state index is 11.3. The van der Waals surface area contributed by atoms with Crippen molar-refractivity contribution >= 4 is 22.4 Å². The van der Waals surface area contributed by atoms with Gasteiger partial charge >= 0.3 is 5.97 Å². The summed E-state index contributed by atoms with van der Waals surface area (Å²) in [6, 6.07) is 0. The molecule has 1 aliphatic heterocycles. The van der Waals surface area contributed by atoms with E-state index >= 15 is 0 Å².